The van der Waals surface area contributed by atoms with Crippen molar-refractivity contribution in [1.29, 1.82) is 0 Å². The quantitative estimate of drug-likeness (QED) is 0.750. The molecule has 0 aromatic carbocycles. The first-order valence-corrected chi connectivity index (χ1v) is 6.92. The smallest absolute Gasteiger partial charge is 0.244 e. The normalized spacial score (nSPS) is 29.3. The van der Waals surface area contributed by atoms with E-state index < -0.39 is 6.04 Å². The zero-order valence-electron chi connectivity index (χ0n) is 11.2. The summed E-state index contributed by atoms with van der Waals surface area (Å²) in [7, 11) is 0. The van der Waals surface area contributed by atoms with E-state index >= 15 is 0 Å². The van der Waals surface area contributed by atoms with Crippen molar-refractivity contribution in [3.63, 3.8) is 0 Å². The summed E-state index contributed by atoms with van der Waals surface area (Å²) >= 11 is 0. The second-order valence-corrected chi connectivity index (χ2v) is 5.40. The van der Waals surface area contributed by atoms with Crippen molar-refractivity contribution in [2.45, 2.75) is 45.2 Å². The van der Waals surface area contributed by atoms with Crippen LogP contribution in [0.2, 0.25) is 0 Å². The molecule has 102 valence electrons. The van der Waals surface area contributed by atoms with Crippen LogP contribution in [-0.2, 0) is 9.59 Å². The van der Waals surface area contributed by atoms with E-state index in [0.29, 0.717) is 0 Å². The number of nitrogens with zero attached hydrogens (tertiary/aromatic N) is 1. The number of amides is 2. The SMILES string of the molecule is CC(NC(=O)C1CCNC1C)C(=O)N1CCCC1. The van der Waals surface area contributed by atoms with E-state index in [2.05, 4.69) is 10.6 Å². The lowest BCUT2D eigenvalue weighted by Gasteiger charge is -2.23. The number of likely N-dealkylation sites (tertiary alicyclic amines) is 1. The van der Waals surface area contributed by atoms with Crippen molar-refractivity contribution in [3.8, 4) is 0 Å². The third-order valence-corrected chi connectivity index (χ3v) is 4.01. The lowest BCUT2D eigenvalue weighted by Crippen LogP contribution is -2.48. The average molecular weight is 253 g/mol. The van der Waals surface area contributed by atoms with Crippen molar-refractivity contribution in [1.82, 2.24) is 15.5 Å². The van der Waals surface area contributed by atoms with Crippen LogP contribution < -0.4 is 10.6 Å². The zero-order chi connectivity index (χ0) is 13.1. The number of hydrogen-bond acceptors (Lipinski definition) is 3. The van der Waals surface area contributed by atoms with Gasteiger partial charge in [-0.25, -0.2) is 0 Å². The van der Waals surface area contributed by atoms with E-state index in [1.54, 1.807) is 6.92 Å². The van der Waals surface area contributed by atoms with E-state index in [1.165, 1.54) is 0 Å². The molecule has 5 nitrogen and oxygen atoms in total. The molecule has 2 aliphatic heterocycles. The largest absolute Gasteiger partial charge is 0.344 e. The molecule has 0 aliphatic carbocycles. The molecule has 0 aromatic rings. The molecule has 2 amide bonds. The minimum absolute atomic E-state index is 0.00109. The lowest BCUT2D eigenvalue weighted by molar-refractivity contribution is -0.136. The van der Waals surface area contributed by atoms with Gasteiger partial charge < -0.3 is 15.5 Å². The van der Waals surface area contributed by atoms with Gasteiger partial charge in [-0.1, -0.05) is 0 Å². The van der Waals surface area contributed by atoms with E-state index in [0.717, 1.165) is 38.9 Å². The summed E-state index contributed by atoms with van der Waals surface area (Å²) in [6.45, 7) is 6.35. The fourth-order valence-corrected chi connectivity index (χ4v) is 2.81. The van der Waals surface area contributed by atoms with Crippen LogP contribution >= 0.6 is 0 Å². The summed E-state index contributed by atoms with van der Waals surface area (Å²) in [5, 5.41) is 6.11. The third kappa shape index (κ3) is 2.83. The molecule has 5 heteroatoms. The minimum atomic E-state index is -0.400. The molecule has 2 fully saturated rings. The highest BCUT2D eigenvalue weighted by Crippen LogP contribution is 2.16. The molecule has 3 unspecified atom stereocenters. The number of nitrogens with one attached hydrogen (secondary N) is 2. The van der Waals surface area contributed by atoms with E-state index in [9.17, 15) is 9.59 Å². The minimum Gasteiger partial charge on any atom is -0.344 e. The van der Waals surface area contributed by atoms with Gasteiger partial charge in [-0.2, -0.15) is 0 Å². The fraction of sp³-hybridized carbons (Fsp3) is 0.846. The van der Waals surface area contributed by atoms with Crippen LogP contribution in [0.5, 0.6) is 0 Å². The molecule has 0 radical (unpaired) electrons. The Morgan fingerprint density at radius 2 is 2.00 bits per heavy atom. The number of carbonyl (C=O) groups is 2. The highest BCUT2D eigenvalue weighted by Gasteiger charge is 2.32. The first-order chi connectivity index (χ1) is 8.59. The van der Waals surface area contributed by atoms with Crippen LogP contribution in [0.3, 0.4) is 0 Å². The molecule has 0 saturated carbocycles. The van der Waals surface area contributed by atoms with Crippen LogP contribution in [0, 0.1) is 5.92 Å². The highest BCUT2D eigenvalue weighted by molar-refractivity contribution is 5.88. The Bertz CT molecular complexity index is 326. The van der Waals surface area contributed by atoms with E-state index in [4.69, 9.17) is 0 Å². The molecule has 0 aromatic heterocycles. The van der Waals surface area contributed by atoms with Gasteiger partial charge in [-0.05, 0) is 39.7 Å². The van der Waals surface area contributed by atoms with Gasteiger partial charge in [0.25, 0.3) is 0 Å². The van der Waals surface area contributed by atoms with Crippen molar-refractivity contribution < 1.29 is 9.59 Å². The van der Waals surface area contributed by atoms with Crippen molar-refractivity contribution >= 4 is 11.8 Å². The van der Waals surface area contributed by atoms with Gasteiger partial charge in [0.15, 0.2) is 0 Å². The average Bonchev–Trinajstić information content (AvgIpc) is 2.98. The number of carbonyl (C=O) groups excluding carboxylic acids is 2. The molecule has 2 saturated heterocycles. The van der Waals surface area contributed by atoms with Crippen LogP contribution in [0.4, 0.5) is 0 Å². The van der Waals surface area contributed by atoms with Gasteiger partial charge in [-0.15, -0.1) is 0 Å². The van der Waals surface area contributed by atoms with E-state index in [1.807, 2.05) is 11.8 Å². The van der Waals surface area contributed by atoms with Crippen molar-refractivity contribution in [2.75, 3.05) is 19.6 Å². The Labute approximate surface area is 108 Å². The number of rotatable bonds is 3. The Hall–Kier alpha value is -1.10. The fourth-order valence-electron chi connectivity index (χ4n) is 2.81. The molecular weight excluding hydrogens is 230 g/mol. The predicted molar refractivity (Wildman–Crippen MR) is 69.0 cm³/mol. The second-order valence-electron chi connectivity index (χ2n) is 5.40. The molecule has 18 heavy (non-hydrogen) atoms. The topological polar surface area (TPSA) is 61.4 Å². The summed E-state index contributed by atoms with van der Waals surface area (Å²) in [6.07, 6.45) is 3.02. The first kappa shape index (κ1) is 13.3. The van der Waals surface area contributed by atoms with E-state index in [-0.39, 0.29) is 23.8 Å². The van der Waals surface area contributed by atoms with Gasteiger partial charge in [0.05, 0.1) is 5.92 Å². The summed E-state index contributed by atoms with van der Waals surface area (Å²) in [4.78, 5) is 26.0. The highest BCUT2D eigenvalue weighted by atomic mass is 16.2. The Morgan fingerprint density at radius 1 is 1.33 bits per heavy atom. The summed E-state index contributed by atoms with van der Waals surface area (Å²) in [5.41, 5.74) is 0. The monoisotopic (exact) mass is 253 g/mol. The Morgan fingerprint density at radius 3 is 2.56 bits per heavy atom. The maximum atomic E-state index is 12.1. The van der Waals surface area contributed by atoms with Gasteiger partial charge in [0.1, 0.15) is 6.04 Å². The summed E-state index contributed by atoms with van der Waals surface area (Å²) in [5.74, 6) is 0.0610. The van der Waals surface area contributed by atoms with Crippen molar-refractivity contribution in [3.05, 3.63) is 0 Å². The zero-order valence-corrected chi connectivity index (χ0v) is 11.2. The summed E-state index contributed by atoms with van der Waals surface area (Å²) < 4.78 is 0. The second kappa shape index (κ2) is 5.69. The molecule has 0 bridgehead atoms. The predicted octanol–water partition coefficient (Wildman–Crippen LogP) is 0.112. The molecule has 2 heterocycles. The Balaban J connectivity index is 1.84. The molecule has 0 spiro atoms. The molecular formula is C13H23N3O2. The van der Waals surface area contributed by atoms with Gasteiger partial charge >= 0.3 is 0 Å². The van der Waals surface area contributed by atoms with Gasteiger partial charge in [0.2, 0.25) is 11.8 Å². The molecule has 2 aliphatic rings. The third-order valence-electron chi connectivity index (χ3n) is 4.01. The maximum absolute atomic E-state index is 12.1. The summed E-state index contributed by atoms with van der Waals surface area (Å²) in [6, 6.07) is -0.192. The molecule has 3 atom stereocenters. The van der Waals surface area contributed by atoms with Crippen LogP contribution in [-0.4, -0.2) is 48.4 Å². The lowest BCUT2D eigenvalue weighted by atomic mass is 10.0. The van der Waals surface area contributed by atoms with Crippen molar-refractivity contribution in [2.24, 2.45) is 5.92 Å². The molecule has 2 N–H and O–H groups in total. The van der Waals surface area contributed by atoms with Crippen LogP contribution in [0.25, 0.3) is 0 Å². The van der Waals surface area contributed by atoms with Gasteiger partial charge in [-0.3, -0.25) is 9.59 Å². The first-order valence-electron chi connectivity index (χ1n) is 6.92. The maximum Gasteiger partial charge on any atom is 0.244 e. The van der Waals surface area contributed by atoms with Crippen LogP contribution in [0.1, 0.15) is 33.1 Å². The van der Waals surface area contributed by atoms with Crippen LogP contribution in [0.15, 0.2) is 0 Å². The van der Waals surface area contributed by atoms with Gasteiger partial charge in [0, 0.05) is 19.1 Å². The Kier molecular flexibility index (Phi) is 4.22. The number of hydrogen-bond donors (Lipinski definition) is 2. The molecule has 2 rings (SSSR count). The standard InChI is InChI=1S/C13H23N3O2/c1-9-11(5-6-14-9)12(17)15-10(2)13(18)16-7-3-4-8-16/h9-11,14H,3-8H2,1-2H3,(H,15,17).